The molecule has 0 aromatic carbocycles. The summed E-state index contributed by atoms with van der Waals surface area (Å²) >= 11 is 0. The van der Waals surface area contributed by atoms with Crippen LogP contribution in [0.15, 0.2) is 6.07 Å². The third-order valence-electron chi connectivity index (χ3n) is 2.50. The second-order valence-electron chi connectivity index (χ2n) is 4.91. The van der Waals surface area contributed by atoms with Crippen LogP contribution in [0.3, 0.4) is 0 Å². The van der Waals surface area contributed by atoms with Gasteiger partial charge in [-0.3, -0.25) is 4.68 Å². The van der Waals surface area contributed by atoms with Crippen LogP contribution >= 0.6 is 0 Å². The van der Waals surface area contributed by atoms with Crippen molar-refractivity contribution >= 4 is 0 Å². The number of rotatable bonds is 1. The zero-order valence-corrected chi connectivity index (χ0v) is 10.3. The Balaban J connectivity index is 2.51. The molecular formula is C10H16N6. The van der Waals surface area contributed by atoms with Gasteiger partial charge in [-0.05, 0) is 16.5 Å². The molecule has 0 N–H and O–H groups in total. The van der Waals surface area contributed by atoms with Crippen molar-refractivity contribution in [3.63, 3.8) is 0 Å². The standard InChI is InChI=1S/C10H16N6/c1-10(2,3)8-6-7(12-15(8)4)9-11-13-14-16(9)5/h6H,1-5H3. The molecular weight excluding hydrogens is 204 g/mol. The van der Waals surface area contributed by atoms with Gasteiger partial charge in [0, 0.05) is 25.2 Å². The zero-order valence-electron chi connectivity index (χ0n) is 10.3. The van der Waals surface area contributed by atoms with E-state index in [1.54, 1.807) is 11.7 Å². The first-order valence-corrected chi connectivity index (χ1v) is 5.17. The molecule has 2 rings (SSSR count). The minimum Gasteiger partial charge on any atom is -0.271 e. The molecule has 0 fully saturated rings. The van der Waals surface area contributed by atoms with Crippen molar-refractivity contribution < 1.29 is 0 Å². The molecule has 0 aliphatic heterocycles. The molecule has 0 aliphatic rings. The number of aryl methyl sites for hydroxylation is 2. The maximum atomic E-state index is 4.43. The van der Waals surface area contributed by atoms with Crippen LogP contribution in [0.25, 0.3) is 11.5 Å². The van der Waals surface area contributed by atoms with Gasteiger partial charge in [0.25, 0.3) is 0 Å². The predicted octanol–water partition coefficient (Wildman–Crippen LogP) is 0.908. The van der Waals surface area contributed by atoms with Gasteiger partial charge < -0.3 is 0 Å². The zero-order chi connectivity index (χ0) is 11.9. The molecule has 16 heavy (non-hydrogen) atoms. The molecule has 0 radical (unpaired) electrons. The summed E-state index contributed by atoms with van der Waals surface area (Å²) in [7, 11) is 3.74. The summed E-state index contributed by atoms with van der Waals surface area (Å²) in [5.74, 6) is 0.686. The van der Waals surface area contributed by atoms with Gasteiger partial charge in [0.05, 0.1) is 0 Å². The topological polar surface area (TPSA) is 61.4 Å². The summed E-state index contributed by atoms with van der Waals surface area (Å²) in [6, 6.07) is 2.03. The molecule has 0 atom stereocenters. The van der Waals surface area contributed by atoms with E-state index in [0.717, 1.165) is 11.4 Å². The number of hydrogen-bond donors (Lipinski definition) is 0. The second-order valence-corrected chi connectivity index (χ2v) is 4.91. The van der Waals surface area contributed by atoms with E-state index in [1.807, 2.05) is 17.8 Å². The Morgan fingerprint density at radius 1 is 1.12 bits per heavy atom. The lowest BCUT2D eigenvalue weighted by molar-refractivity contribution is 0.523. The largest absolute Gasteiger partial charge is 0.271 e. The number of aromatic nitrogens is 6. The predicted molar refractivity (Wildman–Crippen MR) is 59.7 cm³/mol. The number of nitrogens with zero attached hydrogens (tertiary/aromatic N) is 6. The third-order valence-corrected chi connectivity index (χ3v) is 2.50. The Labute approximate surface area is 94.3 Å². The SMILES string of the molecule is Cn1nc(-c2nnnn2C)cc1C(C)(C)C. The maximum absolute atomic E-state index is 4.43. The van der Waals surface area contributed by atoms with E-state index in [4.69, 9.17) is 0 Å². The minimum atomic E-state index is 0.0615. The molecule has 6 nitrogen and oxygen atoms in total. The summed E-state index contributed by atoms with van der Waals surface area (Å²) in [5, 5.41) is 15.8. The van der Waals surface area contributed by atoms with E-state index >= 15 is 0 Å². The lowest BCUT2D eigenvalue weighted by Crippen LogP contribution is -2.16. The number of tetrazole rings is 1. The molecule has 0 aliphatic carbocycles. The fourth-order valence-corrected chi connectivity index (χ4v) is 1.72. The van der Waals surface area contributed by atoms with Crippen molar-refractivity contribution in [2.75, 3.05) is 0 Å². The molecule has 2 aromatic heterocycles. The van der Waals surface area contributed by atoms with Crippen molar-refractivity contribution in [1.29, 1.82) is 0 Å². The fourth-order valence-electron chi connectivity index (χ4n) is 1.72. The molecule has 86 valence electrons. The normalized spacial score (nSPS) is 12.1. The van der Waals surface area contributed by atoms with Gasteiger partial charge in [-0.15, -0.1) is 5.10 Å². The summed E-state index contributed by atoms with van der Waals surface area (Å²) < 4.78 is 3.50. The quantitative estimate of drug-likeness (QED) is 0.716. The van der Waals surface area contributed by atoms with Crippen LogP contribution < -0.4 is 0 Å². The van der Waals surface area contributed by atoms with Crippen LogP contribution in [0.4, 0.5) is 0 Å². The lowest BCUT2D eigenvalue weighted by atomic mass is 9.92. The maximum Gasteiger partial charge on any atom is 0.202 e. The van der Waals surface area contributed by atoms with Gasteiger partial charge in [0.2, 0.25) is 5.82 Å². The first kappa shape index (κ1) is 10.8. The molecule has 6 heteroatoms. The van der Waals surface area contributed by atoms with E-state index in [0.29, 0.717) is 5.82 Å². The first-order valence-electron chi connectivity index (χ1n) is 5.17. The van der Waals surface area contributed by atoms with Crippen LogP contribution in [-0.4, -0.2) is 30.0 Å². The van der Waals surface area contributed by atoms with E-state index in [1.165, 1.54) is 0 Å². The minimum absolute atomic E-state index is 0.0615. The van der Waals surface area contributed by atoms with E-state index in [9.17, 15) is 0 Å². The molecule has 0 spiro atoms. The van der Waals surface area contributed by atoms with Crippen LogP contribution in [-0.2, 0) is 19.5 Å². The highest BCUT2D eigenvalue weighted by Gasteiger charge is 2.21. The van der Waals surface area contributed by atoms with Crippen molar-refractivity contribution in [1.82, 2.24) is 30.0 Å². The summed E-state index contributed by atoms with van der Waals surface area (Å²) in [6.45, 7) is 6.47. The highest BCUT2D eigenvalue weighted by molar-refractivity contribution is 5.49. The highest BCUT2D eigenvalue weighted by Crippen LogP contribution is 2.25. The first-order chi connectivity index (χ1) is 7.39. The molecule has 2 aromatic rings. The molecule has 0 amide bonds. The van der Waals surface area contributed by atoms with Crippen molar-refractivity contribution in [2.45, 2.75) is 26.2 Å². The Morgan fingerprint density at radius 3 is 2.25 bits per heavy atom. The van der Waals surface area contributed by atoms with E-state index in [-0.39, 0.29) is 5.41 Å². The molecule has 2 heterocycles. The third kappa shape index (κ3) is 1.70. The average Bonchev–Trinajstić information content (AvgIpc) is 2.70. The van der Waals surface area contributed by atoms with Crippen molar-refractivity contribution in [2.24, 2.45) is 14.1 Å². The van der Waals surface area contributed by atoms with Crippen molar-refractivity contribution in [3.05, 3.63) is 11.8 Å². The number of hydrogen-bond acceptors (Lipinski definition) is 4. The van der Waals surface area contributed by atoms with Gasteiger partial charge in [-0.2, -0.15) is 5.10 Å². The Bertz CT molecular complexity index is 502. The molecule has 0 saturated heterocycles. The smallest absolute Gasteiger partial charge is 0.202 e. The molecule has 0 bridgehead atoms. The van der Waals surface area contributed by atoms with Gasteiger partial charge >= 0.3 is 0 Å². The second kappa shape index (κ2) is 3.40. The molecule has 0 saturated carbocycles. The monoisotopic (exact) mass is 220 g/mol. The summed E-state index contributed by atoms with van der Waals surface area (Å²) in [4.78, 5) is 0. The van der Waals surface area contributed by atoms with Gasteiger partial charge in [0.15, 0.2) is 0 Å². The van der Waals surface area contributed by atoms with Crippen LogP contribution in [0.5, 0.6) is 0 Å². The van der Waals surface area contributed by atoms with Crippen LogP contribution in [0.1, 0.15) is 26.5 Å². The van der Waals surface area contributed by atoms with Crippen molar-refractivity contribution in [3.8, 4) is 11.5 Å². The van der Waals surface area contributed by atoms with Gasteiger partial charge in [-0.1, -0.05) is 20.8 Å². The van der Waals surface area contributed by atoms with E-state index < -0.39 is 0 Å². The van der Waals surface area contributed by atoms with E-state index in [2.05, 4.69) is 41.4 Å². The Hall–Kier alpha value is -1.72. The summed E-state index contributed by atoms with van der Waals surface area (Å²) in [5.41, 5.74) is 2.02. The highest BCUT2D eigenvalue weighted by atomic mass is 15.5. The average molecular weight is 220 g/mol. The Morgan fingerprint density at radius 2 is 1.81 bits per heavy atom. The van der Waals surface area contributed by atoms with Gasteiger partial charge in [0.1, 0.15) is 5.69 Å². The Kier molecular flexibility index (Phi) is 2.29. The van der Waals surface area contributed by atoms with Crippen LogP contribution in [0, 0.1) is 0 Å². The lowest BCUT2D eigenvalue weighted by Gasteiger charge is -2.17. The fraction of sp³-hybridized carbons (Fsp3) is 0.600. The molecule has 0 unspecified atom stereocenters. The van der Waals surface area contributed by atoms with Gasteiger partial charge in [-0.25, -0.2) is 4.68 Å². The van der Waals surface area contributed by atoms with Crippen LogP contribution in [0.2, 0.25) is 0 Å². The summed E-state index contributed by atoms with van der Waals surface area (Å²) in [6.07, 6.45) is 0.